The first-order valence-corrected chi connectivity index (χ1v) is 27.8. The van der Waals surface area contributed by atoms with Crippen molar-refractivity contribution in [1.82, 2.24) is 26.2 Å². The van der Waals surface area contributed by atoms with Crippen molar-refractivity contribution in [3.8, 4) is 5.75 Å². The number of ether oxygens (including phenoxy) is 7. The normalized spacial score (nSPS) is 22.1. The molecule has 8 atom stereocenters. The lowest BCUT2D eigenvalue weighted by Gasteiger charge is -2.37. The summed E-state index contributed by atoms with van der Waals surface area (Å²) < 4.78 is 51.5. The molecule has 4 fully saturated rings. The van der Waals surface area contributed by atoms with Gasteiger partial charge in [-0.25, -0.2) is 14.4 Å². The van der Waals surface area contributed by atoms with Crippen LogP contribution in [0.15, 0.2) is 24.3 Å². The van der Waals surface area contributed by atoms with E-state index < -0.39 is 47.8 Å². The van der Waals surface area contributed by atoms with E-state index in [0.29, 0.717) is 127 Å². The summed E-state index contributed by atoms with van der Waals surface area (Å²) in [6.07, 6.45) is 4.25. The summed E-state index contributed by atoms with van der Waals surface area (Å²) in [5.41, 5.74) is 0.780. The first-order valence-electron chi connectivity index (χ1n) is 24.8. The Labute approximate surface area is 435 Å². The molecule has 0 saturated carbocycles. The highest BCUT2D eigenvalue weighted by molar-refractivity contribution is 8.00. The molecular formula is C46H79N6O18P2S+. The van der Waals surface area contributed by atoms with Crippen LogP contribution < -0.4 is 26.0 Å². The lowest BCUT2D eigenvalue weighted by molar-refractivity contribution is -0.121. The van der Waals surface area contributed by atoms with Crippen LogP contribution in [0.3, 0.4) is 0 Å². The lowest BCUT2D eigenvalue weighted by atomic mass is 9.98. The topological polar surface area (TPSA) is 332 Å². The van der Waals surface area contributed by atoms with Crippen LogP contribution in [-0.2, 0) is 53.7 Å². The standard InChI is InChI=1S/C31H49N4O12P.C15H26N2O3S.HO3P.H2/c1-2-41-15-16-43-18-17-42-14-11-24(36)6-4-13-44-25-9-7-22(8-10-25)20-46-31(39)33-12-3-5-23-19-35(30(38)34-28(23)32)29-27(37)26(21-45-29)47-48-40;1-2-20-9-5-7-11(18)6-3-4-8-13-14-12(10-21-13)16-15(19)17-14;1-4(2)3;/h7-10,23,26-27,29,37,40,48H,2-6,11-21H2,1H3,(H,33,39)(H2,32,34,38);12-14H,2-10H2,1H3,(H2,16,17,19);(H-,1,2,3);1H/p+1/t23?,26?,27-,29+;12-,13-,14-;;/m00../s1. The van der Waals surface area contributed by atoms with Crippen molar-refractivity contribution in [1.29, 1.82) is 5.41 Å². The van der Waals surface area contributed by atoms with Gasteiger partial charge >= 0.3 is 26.4 Å². The molecule has 0 spiro atoms. The predicted octanol–water partition coefficient (Wildman–Crippen LogP) is 4.08. The van der Waals surface area contributed by atoms with Crippen LogP contribution >= 0.6 is 29.1 Å². The number of aliphatic hydroxyl groups is 1. The largest absolute Gasteiger partial charge is 0.692 e. The maximum absolute atomic E-state index is 12.4. The van der Waals surface area contributed by atoms with Crippen LogP contribution in [0.1, 0.15) is 91.5 Å². The molecule has 0 aliphatic carbocycles. The van der Waals surface area contributed by atoms with Gasteiger partial charge in [0.05, 0.1) is 58.3 Å². The summed E-state index contributed by atoms with van der Waals surface area (Å²) in [6, 6.07) is 7.15. The minimum absolute atomic E-state index is 0. The number of benzene rings is 1. The zero-order valence-electron chi connectivity index (χ0n) is 41.8. The van der Waals surface area contributed by atoms with Crippen molar-refractivity contribution >= 4 is 64.6 Å². The van der Waals surface area contributed by atoms with Gasteiger partial charge in [0, 0.05) is 81.5 Å². The zero-order chi connectivity index (χ0) is 53.2. The molecule has 5 amide bonds. The van der Waals surface area contributed by atoms with Gasteiger partial charge in [-0.2, -0.15) is 11.8 Å². The van der Waals surface area contributed by atoms with Crippen LogP contribution in [0.4, 0.5) is 14.4 Å². The smallest absolute Gasteiger partial charge is 0.494 e. The first-order chi connectivity index (χ1) is 35.3. The SMILES string of the molecule is CCOCCCC(=O)CCCC[C@@H]1SC[C@@H]2NC(=O)N[C@@H]21.CCOCCOCCOCCC(=O)CCCOc1ccc(COC(=O)NCCCC2CN([C@@H]3OCC(OPO)[C@@H]3O)C(=O)NC2=N)cc1.O=[P+](O)O.[HH]. The summed E-state index contributed by atoms with van der Waals surface area (Å²) in [6.45, 7) is 9.34. The molecule has 27 heteroatoms. The number of carbonyl (C=O) groups excluding carboxylic acids is 5. The maximum atomic E-state index is 12.4. The lowest BCUT2D eigenvalue weighted by Crippen LogP contribution is -2.60. The number of urea groups is 2. The molecule has 1 aromatic rings. The molecule has 0 radical (unpaired) electrons. The van der Waals surface area contributed by atoms with Gasteiger partial charge in [-0.1, -0.05) is 18.6 Å². The van der Waals surface area contributed by atoms with E-state index in [2.05, 4.69) is 21.3 Å². The van der Waals surface area contributed by atoms with Crippen molar-refractivity contribution < 1.29 is 87.4 Å². The summed E-state index contributed by atoms with van der Waals surface area (Å²) in [7, 11) is -3.68. The molecule has 3 unspecified atom stereocenters. The van der Waals surface area contributed by atoms with Gasteiger partial charge in [0.25, 0.3) is 0 Å². The van der Waals surface area contributed by atoms with Gasteiger partial charge in [-0.15, -0.1) is 9.79 Å². The number of hydrogen-bond acceptors (Lipinski definition) is 18. The molecule has 5 rings (SSSR count). The van der Waals surface area contributed by atoms with Gasteiger partial charge in [0.15, 0.2) is 15.3 Å². The number of Topliss-reactive ketones (excluding diaryl/α,β-unsaturated/α-hetero) is 2. The molecule has 0 aromatic heterocycles. The fraction of sp³-hybridized carbons (Fsp3) is 0.739. The average Bonchev–Trinajstić information content (AvgIpc) is 4.04. The molecule has 4 aliphatic rings. The number of carbonyl (C=O) groups is 5. The number of ketones is 2. The first kappa shape index (κ1) is 63.6. The summed E-state index contributed by atoms with van der Waals surface area (Å²) in [5.74, 6) is 1.84. The Morgan fingerprint density at radius 1 is 0.877 bits per heavy atom. The molecular weight excluding hydrogens is 1020 g/mol. The Balaban J connectivity index is 0.000000595. The van der Waals surface area contributed by atoms with Crippen molar-refractivity contribution in [2.75, 3.05) is 84.9 Å². The van der Waals surface area contributed by atoms with Crippen LogP contribution in [0.5, 0.6) is 5.75 Å². The van der Waals surface area contributed by atoms with E-state index in [1.807, 2.05) is 25.6 Å². The van der Waals surface area contributed by atoms with E-state index in [9.17, 15) is 29.1 Å². The highest BCUT2D eigenvalue weighted by Gasteiger charge is 2.45. The molecule has 9 N–H and O–H groups in total. The summed E-state index contributed by atoms with van der Waals surface area (Å²) in [5, 5.41) is 30.2. The molecule has 24 nitrogen and oxygen atoms in total. The third kappa shape index (κ3) is 26.6. The van der Waals surface area contributed by atoms with Gasteiger partial charge in [0.2, 0.25) is 0 Å². The number of alkyl carbamates (subject to hydrolysis) is 1. The van der Waals surface area contributed by atoms with Crippen LogP contribution in [0.2, 0.25) is 0 Å². The summed E-state index contributed by atoms with van der Waals surface area (Å²) in [4.78, 5) is 84.2. The molecule has 4 saturated heterocycles. The second-order valence-corrected chi connectivity index (χ2v) is 19.3. The Kier molecular flexibility index (Phi) is 33.1. The number of fused-ring (bicyclic) bond motifs is 1. The highest BCUT2D eigenvalue weighted by atomic mass is 32.2. The number of nitrogens with one attached hydrogen (secondary N) is 5. The number of thioether (sulfide) groups is 1. The number of amides is 5. The minimum atomic E-state index is -2.87. The number of rotatable bonds is 34. The maximum Gasteiger partial charge on any atom is 0.692 e. The van der Waals surface area contributed by atoms with Crippen LogP contribution in [0.25, 0.3) is 0 Å². The van der Waals surface area contributed by atoms with E-state index >= 15 is 0 Å². The number of hydrogen-bond donors (Lipinski definition) is 9. The van der Waals surface area contributed by atoms with E-state index in [0.717, 1.165) is 43.6 Å². The Hall–Kier alpha value is -3.68. The molecule has 73 heavy (non-hydrogen) atoms. The fourth-order valence-corrected chi connectivity index (χ4v) is 9.79. The van der Waals surface area contributed by atoms with Crippen LogP contribution in [0, 0.1) is 11.3 Å². The monoisotopic (exact) mass is 1100 g/mol. The summed E-state index contributed by atoms with van der Waals surface area (Å²) >= 11 is 1.94. The zero-order valence-corrected chi connectivity index (χ0v) is 44.5. The third-order valence-corrected chi connectivity index (χ3v) is 13.6. The Morgan fingerprint density at radius 2 is 1.52 bits per heavy atom. The van der Waals surface area contributed by atoms with Crippen molar-refractivity contribution in [2.24, 2.45) is 5.92 Å². The number of nitrogens with zero attached hydrogens (tertiary/aromatic N) is 1. The van der Waals surface area contributed by atoms with Crippen molar-refractivity contribution in [2.45, 2.75) is 127 Å². The Morgan fingerprint density at radius 3 is 2.22 bits per heavy atom. The van der Waals surface area contributed by atoms with Gasteiger partial charge in [-0.3, -0.25) is 25.2 Å². The number of aliphatic hydroxyl groups excluding tert-OH is 1. The van der Waals surface area contributed by atoms with E-state index in [1.54, 1.807) is 24.3 Å². The second-order valence-electron chi connectivity index (χ2n) is 17.1. The van der Waals surface area contributed by atoms with Crippen molar-refractivity contribution in [3.05, 3.63) is 29.8 Å². The quantitative estimate of drug-likeness (QED) is 0.0267. The molecule has 0 bridgehead atoms. The van der Waals surface area contributed by atoms with E-state index in [4.69, 9.17) is 62.3 Å². The van der Waals surface area contributed by atoms with Gasteiger partial charge in [-0.05, 0) is 70.1 Å². The molecule has 4 aliphatic heterocycles. The molecule has 1 aromatic carbocycles. The van der Waals surface area contributed by atoms with Crippen molar-refractivity contribution in [3.63, 3.8) is 0 Å². The highest BCUT2D eigenvalue weighted by Crippen LogP contribution is 2.33. The molecule has 416 valence electrons. The fourth-order valence-electron chi connectivity index (χ4n) is 7.90. The van der Waals surface area contributed by atoms with Gasteiger partial charge in [0.1, 0.15) is 42.0 Å². The third-order valence-electron chi connectivity index (χ3n) is 11.7. The van der Waals surface area contributed by atoms with E-state index in [1.165, 1.54) is 4.90 Å². The number of unbranched alkanes of at least 4 members (excludes halogenated alkanes) is 1. The minimum Gasteiger partial charge on any atom is -0.494 e. The predicted molar refractivity (Wildman–Crippen MR) is 273 cm³/mol. The Bertz CT molecular complexity index is 1820. The number of amidine groups is 1. The van der Waals surface area contributed by atoms with Crippen LogP contribution in [-0.4, -0.2) is 181 Å². The second kappa shape index (κ2) is 38.0. The average molecular weight is 1100 g/mol. The van der Waals surface area contributed by atoms with E-state index in [-0.39, 0.29) is 50.8 Å². The van der Waals surface area contributed by atoms with Gasteiger partial charge < -0.3 is 63.6 Å². The molecule has 4 heterocycles.